The van der Waals surface area contributed by atoms with Crippen molar-refractivity contribution in [2.24, 2.45) is 5.92 Å². The van der Waals surface area contributed by atoms with Crippen LogP contribution in [0.1, 0.15) is 53.8 Å². The van der Waals surface area contributed by atoms with Gasteiger partial charge in [-0.05, 0) is 66.8 Å². The maximum Gasteiger partial charge on any atom is 0.296 e. The molecule has 1 amide bonds. The van der Waals surface area contributed by atoms with Crippen LogP contribution in [-0.4, -0.2) is 33.6 Å². The highest BCUT2D eigenvalue weighted by Gasteiger charge is 2.46. The van der Waals surface area contributed by atoms with E-state index in [4.69, 9.17) is 32.4 Å². The van der Waals surface area contributed by atoms with Crippen LogP contribution in [0.25, 0.3) is 0 Å². The van der Waals surface area contributed by atoms with Crippen molar-refractivity contribution in [3.8, 4) is 5.75 Å². The van der Waals surface area contributed by atoms with Crippen LogP contribution >= 0.6 is 46.3 Å². The summed E-state index contributed by atoms with van der Waals surface area (Å²) in [6.45, 7) is 6.45. The minimum atomic E-state index is -0.986. The standard InChI is InChI=1S/C30H27Cl2N3O5S2/c1-16(2)11-12-39-21-6-4-5-18(13-21)25-24(26(36)23-10-7-17(3)40-23)27(37)28(38)35(25)29-33-34-30(42-29)41-15-19-8-9-20(31)14-22(19)32/h4-10,13-14,16,25,37H,11-12,15H2,1-3H3. The Labute approximate surface area is 261 Å². The Morgan fingerprint density at radius 1 is 1.17 bits per heavy atom. The molecule has 1 atom stereocenters. The van der Waals surface area contributed by atoms with Crippen molar-refractivity contribution in [3.05, 3.63) is 98.6 Å². The van der Waals surface area contributed by atoms with Crippen molar-refractivity contribution in [2.45, 2.75) is 43.3 Å². The number of thioether (sulfide) groups is 1. The second-order valence-corrected chi connectivity index (χ2v) is 13.1. The van der Waals surface area contributed by atoms with Crippen molar-refractivity contribution < 1.29 is 23.8 Å². The number of Topliss-reactive ketones (excluding diaryl/α,β-unsaturated/α-hetero) is 1. The van der Waals surface area contributed by atoms with Gasteiger partial charge >= 0.3 is 0 Å². The van der Waals surface area contributed by atoms with Crippen LogP contribution in [0.2, 0.25) is 10.0 Å². The van der Waals surface area contributed by atoms with Crippen LogP contribution in [0.4, 0.5) is 5.13 Å². The fourth-order valence-electron chi connectivity index (χ4n) is 4.36. The topological polar surface area (TPSA) is 106 Å². The number of aryl methyl sites for hydroxylation is 1. The van der Waals surface area contributed by atoms with E-state index in [1.165, 1.54) is 34.1 Å². The average molecular weight is 645 g/mol. The minimum Gasteiger partial charge on any atom is -0.503 e. The molecule has 4 aromatic rings. The lowest BCUT2D eigenvalue weighted by Crippen LogP contribution is -2.31. The van der Waals surface area contributed by atoms with E-state index in [1.54, 1.807) is 43.3 Å². The number of aromatic nitrogens is 2. The Bertz CT molecular complexity index is 1670. The summed E-state index contributed by atoms with van der Waals surface area (Å²) in [5.41, 5.74) is 1.33. The lowest BCUT2D eigenvalue weighted by Gasteiger charge is -2.24. The molecule has 0 spiro atoms. The van der Waals surface area contributed by atoms with Gasteiger partial charge in [0.05, 0.1) is 18.2 Å². The molecule has 1 aliphatic heterocycles. The third-order valence-electron chi connectivity index (χ3n) is 6.52. The molecule has 218 valence electrons. The van der Waals surface area contributed by atoms with Gasteiger partial charge in [0.25, 0.3) is 5.91 Å². The number of ketones is 1. The Morgan fingerprint density at radius 3 is 2.69 bits per heavy atom. The van der Waals surface area contributed by atoms with Gasteiger partial charge < -0.3 is 14.3 Å². The van der Waals surface area contributed by atoms with E-state index in [1.807, 2.05) is 12.1 Å². The summed E-state index contributed by atoms with van der Waals surface area (Å²) in [6.07, 6.45) is 0.868. The molecule has 0 saturated carbocycles. The molecule has 1 unspecified atom stereocenters. The number of carbonyl (C=O) groups excluding carboxylic acids is 2. The summed E-state index contributed by atoms with van der Waals surface area (Å²) >= 11 is 14.9. The van der Waals surface area contributed by atoms with Gasteiger partial charge in [-0.2, -0.15) is 0 Å². The van der Waals surface area contributed by atoms with Crippen molar-refractivity contribution in [2.75, 3.05) is 11.5 Å². The fourth-order valence-corrected chi connectivity index (χ4v) is 6.79. The van der Waals surface area contributed by atoms with E-state index >= 15 is 0 Å². The summed E-state index contributed by atoms with van der Waals surface area (Å²) < 4.78 is 12.1. The summed E-state index contributed by atoms with van der Waals surface area (Å²) in [6, 6.07) is 14.6. The molecule has 12 heteroatoms. The van der Waals surface area contributed by atoms with Gasteiger partial charge in [0.15, 0.2) is 15.9 Å². The normalized spacial score (nSPS) is 15.2. The summed E-state index contributed by atoms with van der Waals surface area (Å²) in [5, 5.41) is 20.9. The summed E-state index contributed by atoms with van der Waals surface area (Å²) in [4.78, 5) is 28.5. The highest BCUT2D eigenvalue weighted by Crippen LogP contribution is 2.44. The third-order valence-corrected chi connectivity index (χ3v) is 9.21. The largest absolute Gasteiger partial charge is 0.503 e. The lowest BCUT2D eigenvalue weighted by molar-refractivity contribution is -0.117. The Hall–Kier alpha value is -3.31. The van der Waals surface area contributed by atoms with Crippen molar-refractivity contribution in [3.63, 3.8) is 0 Å². The van der Waals surface area contributed by atoms with Gasteiger partial charge in [0.2, 0.25) is 10.9 Å². The Kier molecular flexibility index (Phi) is 9.27. The second kappa shape index (κ2) is 12.9. The first-order chi connectivity index (χ1) is 20.1. The van der Waals surface area contributed by atoms with Crippen LogP contribution in [0.3, 0.4) is 0 Å². The van der Waals surface area contributed by atoms with Gasteiger partial charge in [0, 0.05) is 15.8 Å². The maximum atomic E-state index is 13.6. The number of aliphatic hydroxyl groups excluding tert-OH is 1. The molecule has 2 aromatic carbocycles. The molecule has 0 saturated heterocycles. The first-order valence-electron chi connectivity index (χ1n) is 13.1. The molecule has 42 heavy (non-hydrogen) atoms. The predicted octanol–water partition coefficient (Wildman–Crippen LogP) is 8.25. The third kappa shape index (κ3) is 6.52. The highest BCUT2D eigenvalue weighted by atomic mass is 35.5. The SMILES string of the molecule is Cc1ccc(C(=O)C2=C(O)C(=O)N(c3nnc(SCc4ccc(Cl)cc4Cl)s3)C2c2cccc(OCCC(C)C)c2)o1. The van der Waals surface area contributed by atoms with Crippen LogP contribution in [-0.2, 0) is 10.5 Å². The average Bonchev–Trinajstić information content (AvgIpc) is 3.66. The monoisotopic (exact) mass is 643 g/mol. The molecule has 1 N–H and O–H groups in total. The maximum absolute atomic E-state index is 13.6. The number of hydrogen-bond donors (Lipinski definition) is 1. The number of amides is 1. The van der Waals surface area contributed by atoms with Crippen LogP contribution in [0.5, 0.6) is 5.75 Å². The van der Waals surface area contributed by atoms with E-state index in [2.05, 4.69) is 24.0 Å². The Morgan fingerprint density at radius 2 is 1.98 bits per heavy atom. The molecule has 1 aliphatic rings. The number of carbonyl (C=O) groups is 2. The zero-order valence-electron chi connectivity index (χ0n) is 23.0. The molecule has 5 rings (SSSR count). The first kappa shape index (κ1) is 30.2. The molecule has 0 bridgehead atoms. The quantitative estimate of drug-likeness (QED) is 0.0989. The van der Waals surface area contributed by atoms with Gasteiger partial charge in [-0.1, -0.05) is 78.3 Å². The number of hydrogen-bond acceptors (Lipinski definition) is 9. The smallest absolute Gasteiger partial charge is 0.296 e. The number of halogens is 2. The zero-order chi connectivity index (χ0) is 30.0. The van der Waals surface area contributed by atoms with Crippen molar-refractivity contribution >= 4 is 63.1 Å². The van der Waals surface area contributed by atoms with Gasteiger partial charge in [-0.25, -0.2) is 0 Å². The Balaban J connectivity index is 1.48. The second-order valence-electron chi connectivity index (χ2n) is 10.1. The van der Waals surface area contributed by atoms with Crippen LogP contribution < -0.4 is 9.64 Å². The van der Waals surface area contributed by atoms with Gasteiger partial charge in [-0.3, -0.25) is 14.5 Å². The molecular formula is C30H27Cl2N3O5S2. The summed E-state index contributed by atoms with van der Waals surface area (Å²) in [7, 11) is 0. The first-order valence-corrected chi connectivity index (χ1v) is 15.7. The number of benzene rings is 2. The number of nitrogens with zero attached hydrogens (tertiary/aromatic N) is 3. The van der Waals surface area contributed by atoms with E-state index in [-0.39, 0.29) is 16.5 Å². The highest BCUT2D eigenvalue weighted by molar-refractivity contribution is 8.00. The number of aliphatic hydroxyl groups is 1. The van der Waals surface area contributed by atoms with Crippen LogP contribution in [0.15, 0.2) is 74.7 Å². The van der Waals surface area contributed by atoms with E-state index in [9.17, 15) is 14.7 Å². The van der Waals surface area contributed by atoms with Crippen molar-refractivity contribution in [1.82, 2.24) is 10.2 Å². The lowest BCUT2D eigenvalue weighted by atomic mass is 9.95. The van der Waals surface area contributed by atoms with Crippen molar-refractivity contribution in [1.29, 1.82) is 0 Å². The van der Waals surface area contributed by atoms with E-state index < -0.39 is 23.5 Å². The predicted molar refractivity (Wildman–Crippen MR) is 165 cm³/mol. The van der Waals surface area contributed by atoms with E-state index in [0.29, 0.717) is 49.7 Å². The fraction of sp³-hybridized carbons (Fsp3) is 0.267. The number of furan rings is 1. The van der Waals surface area contributed by atoms with Crippen LogP contribution in [0, 0.1) is 12.8 Å². The summed E-state index contributed by atoms with van der Waals surface area (Å²) in [5.74, 6) is 0.0913. The molecule has 0 fully saturated rings. The molecule has 0 radical (unpaired) electrons. The van der Waals surface area contributed by atoms with Gasteiger partial charge in [0.1, 0.15) is 11.5 Å². The molecule has 3 heterocycles. The number of ether oxygens (including phenoxy) is 1. The molecule has 0 aliphatic carbocycles. The number of anilines is 1. The molecule has 2 aromatic heterocycles. The zero-order valence-corrected chi connectivity index (χ0v) is 26.1. The van der Waals surface area contributed by atoms with Gasteiger partial charge in [-0.15, -0.1) is 10.2 Å². The minimum absolute atomic E-state index is 0.0198. The van der Waals surface area contributed by atoms with E-state index in [0.717, 1.165) is 12.0 Å². The molecule has 8 nitrogen and oxygen atoms in total. The molecular weight excluding hydrogens is 617 g/mol. The number of rotatable bonds is 11.